The number of primary amides is 1. The first-order valence-electron chi connectivity index (χ1n) is 3.79. The average molecular weight is 201 g/mol. The fraction of sp³-hybridized carbons (Fsp3) is 0.375. The van der Waals surface area contributed by atoms with Gasteiger partial charge < -0.3 is 15.9 Å². The summed E-state index contributed by atoms with van der Waals surface area (Å²) in [5.41, 5.74) is 3.54. The van der Waals surface area contributed by atoms with E-state index < -0.39 is 29.3 Å². The Morgan fingerprint density at radius 3 is 1.50 bits per heavy atom. The summed E-state index contributed by atoms with van der Waals surface area (Å²) in [5.74, 6) is -4.91. The van der Waals surface area contributed by atoms with Crippen molar-refractivity contribution in [1.82, 2.24) is 0 Å². The first-order valence-corrected chi connectivity index (χ1v) is 3.79. The Hall–Kier alpha value is -1.85. The van der Waals surface area contributed by atoms with Crippen LogP contribution < -0.4 is 5.73 Å². The molecule has 0 aromatic carbocycles. The van der Waals surface area contributed by atoms with Gasteiger partial charge in [0.15, 0.2) is 5.57 Å². The highest BCUT2D eigenvalue weighted by Gasteiger charge is 2.26. The molecule has 0 atom stereocenters. The van der Waals surface area contributed by atoms with E-state index in [1.807, 2.05) is 0 Å². The minimum Gasteiger partial charge on any atom is -0.477 e. The Balaban J connectivity index is 5.63. The van der Waals surface area contributed by atoms with E-state index in [9.17, 15) is 14.4 Å². The van der Waals surface area contributed by atoms with Crippen molar-refractivity contribution in [3.8, 4) is 0 Å². The molecule has 78 valence electrons. The van der Waals surface area contributed by atoms with Crippen molar-refractivity contribution in [1.29, 1.82) is 0 Å². The van der Waals surface area contributed by atoms with Crippen molar-refractivity contribution >= 4 is 17.8 Å². The first-order chi connectivity index (χ1) is 6.29. The van der Waals surface area contributed by atoms with Gasteiger partial charge in [-0.3, -0.25) is 4.79 Å². The van der Waals surface area contributed by atoms with E-state index in [1.165, 1.54) is 13.8 Å². The van der Waals surface area contributed by atoms with E-state index >= 15 is 0 Å². The van der Waals surface area contributed by atoms with Crippen LogP contribution in [0, 0.1) is 5.92 Å². The minimum absolute atomic E-state index is 0.384. The summed E-state index contributed by atoms with van der Waals surface area (Å²) < 4.78 is 0. The van der Waals surface area contributed by atoms with Crippen molar-refractivity contribution < 1.29 is 24.6 Å². The van der Waals surface area contributed by atoms with Crippen LogP contribution in [-0.4, -0.2) is 28.1 Å². The summed E-state index contributed by atoms with van der Waals surface area (Å²) in [7, 11) is 0. The van der Waals surface area contributed by atoms with E-state index in [2.05, 4.69) is 0 Å². The lowest BCUT2D eigenvalue weighted by molar-refractivity contribution is -0.140. The summed E-state index contributed by atoms with van der Waals surface area (Å²) in [6, 6.07) is 0. The van der Waals surface area contributed by atoms with Gasteiger partial charge in [0.25, 0.3) is 0 Å². The third kappa shape index (κ3) is 2.58. The van der Waals surface area contributed by atoms with Crippen molar-refractivity contribution in [3.63, 3.8) is 0 Å². The maximum absolute atomic E-state index is 10.8. The molecule has 0 unspecified atom stereocenters. The van der Waals surface area contributed by atoms with E-state index in [-0.39, 0.29) is 5.57 Å². The highest BCUT2D eigenvalue weighted by molar-refractivity contribution is 6.18. The number of carboxylic acids is 2. The molecule has 0 fully saturated rings. The third-order valence-corrected chi connectivity index (χ3v) is 1.54. The monoisotopic (exact) mass is 201 g/mol. The summed E-state index contributed by atoms with van der Waals surface area (Å²) in [6.07, 6.45) is 0. The number of hydrogen-bond acceptors (Lipinski definition) is 3. The van der Waals surface area contributed by atoms with Crippen LogP contribution in [0.15, 0.2) is 11.1 Å². The van der Waals surface area contributed by atoms with Crippen LogP contribution in [0.5, 0.6) is 0 Å². The Morgan fingerprint density at radius 2 is 1.43 bits per heavy atom. The molecule has 6 heteroatoms. The molecule has 0 saturated heterocycles. The molecule has 1 amide bonds. The molecule has 0 rings (SSSR count). The summed E-state index contributed by atoms with van der Waals surface area (Å²) in [6.45, 7) is 2.98. The topological polar surface area (TPSA) is 118 Å². The Bertz CT molecular complexity index is 300. The van der Waals surface area contributed by atoms with Gasteiger partial charge >= 0.3 is 11.9 Å². The molecule has 6 nitrogen and oxygen atoms in total. The predicted octanol–water partition coefficient (Wildman–Crippen LogP) is -0.406. The second-order valence-electron chi connectivity index (χ2n) is 2.92. The van der Waals surface area contributed by atoms with E-state index in [1.54, 1.807) is 0 Å². The molecule has 4 N–H and O–H groups in total. The lowest BCUT2D eigenvalue weighted by atomic mass is 9.96. The summed E-state index contributed by atoms with van der Waals surface area (Å²) in [4.78, 5) is 31.9. The van der Waals surface area contributed by atoms with Crippen LogP contribution in [0.25, 0.3) is 0 Å². The van der Waals surface area contributed by atoms with Crippen LogP contribution in [0.3, 0.4) is 0 Å². The van der Waals surface area contributed by atoms with Gasteiger partial charge in [0.1, 0.15) is 0 Å². The van der Waals surface area contributed by atoms with Gasteiger partial charge in [0.2, 0.25) is 5.91 Å². The number of carboxylic acid groups (broad SMARTS) is 2. The number of carbonyl (C=O) groups excluding carboxylic acids is 1. The Morgan fingerprint density at radius 1 is 1.07 bits per heavy atom. The van der Waals surface area contributed by atoms with E-state index in [0.717, 1.165) is 0 Å². The van der Waals surface area contributed by atoms with Crippen molar-refractivity contribution in [2.45, 2.75) is 13.8 Å². The SMILES string of the molecule is CC(C)C(C(N)=O)=C(C(=O)O)C(=O)O. The van der Waals surface area contributed by atoms with Crippen molar-refractivity contribution in [2.75, 3.05) is 0 Å². The number of rotatable bonds is 4. The van der Waals surface area contributed by atoms with E-state index in [0.29, 0.717) is 0 Å². The van der Waals surface area contributed by atoms with Gasteiger partial charge in [0, 0.05) is 5.57 Å². The lowest BCUT2D eigenvalue weighted by Gasteiger charge is -2.09. The first kappa shape index (κ1) is 12.2. The number of hydrogen-bond donors (Lipinski definition) is 3. The zero-order valence-corrected chi connectivity index (χ0v) is 7.77. The number of carbonyl (C=O) groups is 3. The Kier molecular flexibility index (Phi) is 3.82. The second-order valence-corrected chi connectivity index (χ2v) is 2.92. The molecule has 0 radical (unpaired) electrons. The number of nitrogens with two attached hydrogens (primary N) is 1. The molecular weight excluding hydrogens is 190 g/mol. The maximum Gasteiger partial charge on any atom is 0.343 e. The van der Waals surface area contributed by atoms with Crippen LogP contribution in [0.1, 0.15) is 13.8 Å². The standard InChI is InChI=1S/C8H11NO5/c1-3(2)4(6(9)10)5(7(11)12)8(13)14/h3H,1-2H3,(H2,9,10)(H,11,12)(H,13,14). The Labute approximate surface area is 80.0 Å². The highest BCUT2D eigenvalue weighted by atomic mass is 16.4. The minimum atomic E-state index is -1.67. The molecule has 0 aliphatic carbocycles. The molecule has 14 heavy (non-hydrogen) atoms. The second kappa shape index (κ2) is 4.40. The summed E-state index contributed by atoms with van der Waals surface area (Å²) in [5, 5.41) is 17.1. The van der Waals surface area contributed by atoms with Gasteiger partial charge in [-0.15, -0.1) is 0 Å². The van der Waals surface area contributed by atoms with Crippen molar-refractivity contribution in [2.24, 2.45) is 11.7 Å². The summed E-state index contributed by atoms with van der Waals surface area (Å²) >= 11 is 0. The molecule has 0 aromatic rings. The van der Waals surface area contributed by atoms with Crippen LogP contribution in [0.2, 0.25) is 0 Å². The third-order valence-electron chi connectivity index (χ3n) is 1.54. The highest BCUT2D eigenvalue weighted by Crippen LogP contribution is 2.15. The molecule has 0 aromatic heterocycles. The molecular formula is C8H11NO5. The largest absolute Gasteiger partial charge is 0.477 e. The molecule has 0 aliphatic rings. The van der Waals surface area contributed by atoms with Gasteiger partial charge in [-0.25, -0.2) is 9.59 Å². The van der Waals surface area contributed by atoms with Gasteiger partial charge in [-0.05, 0) is 5.92 Å². The van der Waals surface area contributed by atoms with Gasteiger partial charge in [-0.2, -0.15) is 0 Å². The molecule has 0 bridgehead atoms. The fourth-order valence-corrected chi connectivity index (χ4v) is 1.02. The lowest BCUT2D eigenvalue weighted by Crippen LogP contribution is -2.25. The van der Waals surface area contributed by atoms with Crippen LogP contribution in [-0.2, 0) is 14.4 Å². The molecule has 0 heterocycles. The average Bonchev–Trinajstić information content (AvgIpc) is 1.96. The predicted molar refractivity (Wildman–Crippen MR) is 46.3 cm³/mol. The normalized spacial score (nSPS) is 9.64. The smallest absolute Gasteiger partial charge is 0.343 e. The molecule has 0 saturated carbocycles. The quantitative estimate of drug-likeness (QED) is 0.324. The zero-order chi connectivity index (χ0) is 11.5. The van der Waals surface area contributed by atoms with Gasteiger partial charge in [0.05, 0.1) is 0 Å². The van der Waals surface area contributed by atoms with Crippen LogP contribution >= 0.6 is 0 Å². The molecule has 0 aliphatic heterocycles. The fourth-order valence-electron chi connectivity index (χ4n) is 1.02. The number of amides is 1. The van der Waals surface area contributed by atoms with Crippen molar-refractivity contribution in [3.05, 3.63) is 11.1 Å². The molecule has 0 spiro atoms. The zero-order valence-electron chi connectivity index (χ0n) is 7.77. The maximum atomic E-state index is 10.8. The van der Waals surface area contributed by atoms with E-state index in [4.69, 9.17) is 15.9 Å². The van der Waals surface area contributed by atoms with Crippen LogP contribution in [0.4, 0.5) is 0 Å². The van der Waals surface area contributed by atoms with Gasteiger partial charge in [-0.1, -0.05) is 13.8 Å². The number of aliphatic carboxylic acids is 2.